The van der Waals surface area contributed by atoms with Gasteiger partial charge in [-0.2, -0.15) is 0 Å². The van der Waals surface area contributed by atoms with Gasteiger partial charge in [0.2, 0.25) is 0 Å². The lowest BCUT2D eigenvalue weighted by atomic mass is 10.2. The fourth-order valence-corrected chi connectivity index (χ4v) is 2.14. The average molecular weight is 290 g/mol. The molecule has 0 amide bonds. The molecule has 1 unspecified atom stereocenters. The first-order valence-corrected chi connectivity index (χ1v) is 6.71. The fourth-order valence-electron chi connectivity index (χ4n) is 1.28. The van der Waals surface area contributed by atoms with Crippen molar-refractivity contribution < 1.29 is 9.53 Å². The molecule has 0 heterocycles. The Kier molecular flexibility index (Phi) is 10.1. The molecule has 0 spiro atoms. The number of halogens is 1. The predicted octanol–water partition coefficient (Wildman–Crippen LogP) is 2.48. The summed E-state index contributed by atoms with van der Waals surface area (Å²) in [5.74, 6) is 0.649. The Balaban J connectivity index is 0.00000289. The van der Waals surface area contributed by atoms with Gasteiger partial charge in [0, 0.05) is 18.2 Å². The van der Waals surface area contributed by atoms with Gasteiger partial charge in [0.1, 0.15) is 0 Å². The maximum atomic E-state index is 11.8. The summed E-state index contributed by atoms with van der Waals surface area (Å²) in [4.78, 5) is 11.8. The minimum atomic E-state index is -0.0738. The van der Waals surface area contributed by atoms with E-state index in [1.54, 1.807) is 0 Å². The van der Waals surface area contributed by atoms with Gasteiger partial charge in [-0.05, 0) is 5.56 Å². The second-order valence-electron chi connectivity index (χ2n) is 3.86. The van der Waals surface area contributed by atoms with Gasteiger partial charge in [0.15, 0.2) is 5.12 Å². The van der Waals surface area contributed by atoms with Crippen molar-refractivity contribution in [3.8, 4) is 0 Å². The van der Waals surface area contributed by atoms with Gasteiger partial charge >= 0.3 is 0 Å². The minimum absolute atomic E-state index is 0. The number of carbonyl (C=O) groups is 1. The second-order valence-corrected chi connectivity index (χ2v) is 4.84. The zero-order valence-corrected chi connectivity index (χ0v) is 12.1. The Labute approximate surface area is 119 Å². The van der Waals surface area contributed by atoms with Gasteiger partial charge in [-0.1, -0.05) is 49.0 Å². The minimum Gasteiger partial charge on any atom is -0.379 e. The number of ether oxygens (including phenoxy) is 1. The first kappa shape index (κ1) is 17.4. The summed E-state index contributed by atoms with van der Waals surface area (Å²) < 4.78 is 5.26. The first-order chi connectivity index (χ1) is 8.24. The Bertz CT molecular complexity index is 335. The Morgan fingerprint density at radius 3 is 2.67 bits per heavy atom. The predicted molar refractivity (Wildman–Crippen MR) is 79.0 cm³/mol. The maximum absolute atomic E-state index is 11.8. The smallest absolute Gasteiger partial charge is 0.194 e. The lowest BCUT2D eigenvalue weighted by Crippen LogP contribution is -2.17. The van der Waals surface area contributed by atoms with E-state index < -0.39 is 0 Å². The lowest BCUT2D eigenvalue weighted by Gasteiger charge is -2.10. The number of rotatable bonds is 7. The van der Waals surface area contributed by atoms with Gasteiger partial charge < -0.3 is 10.5 Å². The van der Waals surface area contributed by atoms with Crippen LogP contribution in [0.3, 0.4) is 0 Å². The lowest BCUT2D eigenvalue weighted by molar-refractivity contribution is -0.115. The van der Waals surface area contributed by atoms with Gasteiger partial charge in [0.25, 0.3) is 0 Å². The van der Waals surface area contributed by atoms with Crippen molar-refractivity contribution >= 4 is 29.3 Å². The molecule has 0 saturated heterocycles. The zero-order valence-electron chi connectivity index (χ0n) is 10.5. The van der Waals surface area contributed by atoms with Crippen LogP contribution in [0.25, 0.3) is 0 Å². The monoisotopic (exact) mass is 289 g/mol. The summed E-state index contributed by atoms with van der Waals surface area (Å²) in [6.45, 7) is 3.35. The highest BCUT2D eigenvalue weighted by molar-refractivity contribution is 8.13. The number of carbonyl (C=O) groups excluding carboxylic acids is 1. The van der Waals surface area contributed by atoms with Crippen LogP contribution in [0.5, 0.6) is 0 Å². The third-order valence-electron chi connectivity index (χ3n) is 2.26. The van der Waals surface area contributed by atoms with Gasteiger partial charge in [-0.25, -0.2) is 0 Å². The van der Waals surface area contributed by atoms with Crippen LogP contribution in [-0.2, 0) is 15.3 Å². The van der Waals surface area contributed by atoms with Crippen molar-refractivity contribution in [3.05, 3.63) is 35.9 Å². The van der Waals surface area contributed by atoms with E-state index in [9.17, 15) is 4.79 Å². The summed E-state index contributed by atoms with van der Waals surface area (Å²) in [6, 6.07) is 9.98. The molecule has 3 nitrogen and oxygen atoms in total. The third-order valence-corrected chi connectivity index (χ3v) is 3.42. The van der Waals surface area contributed by atoms with Crippen LogP contribution in [0, 0.1) is 5.92 Å². The zero-order chi connectivity index (χ0) is 12.5. The second kappa shape index (κ2) is 10.4. The van der Waals surface area contributed by atoms with E-state index in [1.165, 1.54) is 17.3 Å². The van der Waals surface area contributed by atoms with Gasteiger partial charge in [-0.3, -0.25) is 4.79 Å². The van der Waals surface area contributed by atoms with Crippen LogP contribution >= 0.6 is 24.2 Å². The summed E-state index contributed by atoms with van der Waals surface area (Å²) in [7, 11) is 0. The van der Waals surface area contributed by atoms with E-state index in [4.69, 9.17) is 10.5 Å². The highest BCUT2D eigenvalue weighted by Crippen LogP contribution is 2.17. The van der Waals surface area contributed by atoms with Crippen molar-refractivity contribution in [2.24, 2.45) is 11.7 Å². The molecule has 0 saturated carbocycles. The van der Waals surface area contributed by atoms with E-state index in [1.807, 2.05) is 37.3 Å². The van der Waals surface area contributed by atoms with Crippen molar-refractivity contribution in [2.45, 2.75) is 12.7 Å². The molecule has 2 N–H and O–H groups in total. The molecular formula is C13H20ClNO2S. The number of benzene rings is 1. The molecule has 0 aromatic heterocycles. The molecule has 18 heavy (non-hydrogen) atoms. The highest BCUT2D eigenvalue weighted by atomic mass is 35.5. The number of hydrogen-bond acceptors (Lipinski definition) is 4. The standard InChI is InChI=1S/C13H19NO2S.ClH/c1-11(9-16-8-7-14)13(15)17-10-12-5-3-2-4-6-12;/h2-6,11H,7-10,14H2,1H3;1H. The van der Waals surface area contributed by atoms with E-state index in [-0.39, 0.29) is 23.4 Å². The van der Waals surface area contributed by atoms with Crippen molar-refractivity contribution in [2.75, 3.05) is 19.8 Å². The molecule has 0 aliphatic rings. The molecule has 5 heteroatoms. The number of hydrogen-bond donors (Lipinski definition) is 1. The normalized spacial score (nSPS) is 11.7. The molecule has 1 atom stereocenters. The van der Waals surface area contributed by atoms with E-state index >= 15 is 0 Å². The molecule has 0 aliphatic carbocycles. The van der Waals surface area contributed by atoms with Crippen LogP contribution in [0.4, 0.5) is 0 Å². The van der Waals surface area contributed by atoms with E-state index in [0.29, 0.717) is 19.8 Å². The van der Waals surface area contributed by atoms with Gasteiger partial charge in [0.05, 0.1) is 13.2 Å². The van der Waals surface area contributed by atoms with Gasteiger partial charge in [-0.15, -0.1) is 12.4 Å². The molecular weight excluding hydrogens is 270 g/mol. The number of thioether (sulfide) groups is 1. The molecule has 102 valence electrons. The van der Waals surface area contributed by atoms with Crippen LogP contribution in [0.2, 0.25) is 0 Å². The molecule has 1 aromatic carbocycles. The largest absolute Gasteiger partial charge is 0.379 e. The van der Waals surface area contributed by atoms with Crippen LogP contribution in [-0.4, -0.2) is 24.9 Å². The summed E-state index contributed by atoms with van der Waals surface area (Å²) in [5, 5.41) is 0.172. The molecule has 1 aromatic rings. The van der Waals surface area contributed by atoms with Crippen molar-refractivity contribution in [1.82, 2.24) is 0 Å². The Morgan fingerprint density at radius 2 is 2.06 bits per heavy atom. The van der Waals surface area contributed by atoms with E-state index in [0.717, 1.165) is 5.75 Å². The van der Waals surface area contributed by atoms with Crippen LogP contribution in [0.15, 0.2) is 30.3 Å². The maximum Gasteiger partial charge on any atom is 0.194 e. The van der Waals surface area contributed by atoms with Crippen molar-refractivity contribution in [1.29, 1.82) is 0 Å². The molecule has 1 rings (SSSR count). The van der Waals surface area contributed by atoms with E-state index in [2.05, 4.69) is 0 Å². The molecule has 0 radical (unpaired) electrons. The summed E-state index contributed by atoms with van der Waals surface area (Å²) in [6.07, 6.45) is 0. The average Bonchev–Trinajstić information content (AvgIpc) is 2.37. The fraction of sp³-hybridized carbons (Fsp3) is 0.462. The molecule has 0 bridgehead atoms. The quantitative estimate of drug-likeness (QED) is 0.784. The molecule has 0 aliphatic heterocycles. The first-order valence-electron chi connectivity index (χ1n) is 5.72. The summed E-state index contributed by atoms with van der Waals surface area (Å²) >= 11 is 1.35. The molecule has 0 fully saturated rings. The summed E-state index contributed by atoms with van der Waals surface area (Å²) in [5.41, 5.74) is 6.48. The Morgan fingerprint density at radius 1 is 1.39 bits per heavy atom. The third kappa shape index (κ3) is 7.01. The topological polar surface area (TPSA) is 52.3 Å². The SMILES string of the molecule is CC(COCCN)C(=O)SCc1ccccc1.Cl. The number of nitrogens with two attached hydrogens (primary N) is 1. The Hall–Kier alpha value is -0.550. The van der Waals surface area contributed by atoms with Crippen LogP contribution < -0.4 is 5.73 Å². The van der Waals surface area contributed by atoms with Crippen molar-refractivity contribution in [3.63, 3.8) is 0 Å². The van der Waals surface area contributed by atoms with Crippen LogP contribution in [0.1, 0.15) is 12.5 Å². The highest BCUT2D eigenvalue weighted by Gasteiger charge is 2.13.